The summed E-state index contributed by atoms with van der Waals surface area (Å²) < 4.78 is 5.36. The van der Waals surface area contributed by atoms with Crippen LogP contribution in [0.15, 0.2) is 36.5 Å². The van der Waals surface area contributed by atoms with Gasteiger partial charge in [-0.25, -0.2) is 9.78 Å². The van der Waals surface area contributed by atoms with Crippen molar-refractivity contribution in [1.29, 1.82) is 0 Å². The van der Waals surface area contributed by atoms with E-state index in [0.29, 0.717) is 0 Å². The van der Waals surface area contributed by atoms with Crippen molar-refractivity contribution in [2.45, 2.75) is 6.92 Å². The fraction of sp³-hybridized carbons (Fsp3) is 0.0769. The molecule has 102 valence electrons. The number of ether oxygens (including phenoxy) is 1. The largest absolute Gasteiger partial charge is 0.476 e. The van der Waals surface area contributed by atoms with Crippen LogP contribution >= 0.6 is 0 Å². The fourth-order valence-corrected chi connectivity index (χ4v) is 1.61. The maximum atomic E-state index is 11.0. The molecule has 0 aliphatic heterocycles. The molecule has 20 heavy (non-hydrogen) atoms. The minimum absolute atomic E-state index is 0.0227. The van der Waals surface area contributed by atoms with Gasteiger partial charge < -0.3 is 9.84 Å². The summed E-state index contributed by atoms with van der Waals surface area (Å²) in [6.07, 6.45) is 1.31. The Kier molecular flexibility index (Phi) is 3.60. The molecule has 0 saturated carbocycles. The molecule has 0 aliphatic rings. The van der Waals surface area contributed by atoms with E-state index in [9.17, 15) is 14.9 Å². The number of aromatic carboxylic acids is 1. The van der Waals surface area contributed by atoms with Crippen LogP contribution in [0.5, 0.6) is 11.5 Å². The number of carbonyl (C=O) groups is 1. The Bertz CT molecular complexity index is 684. The van der Waals surface area contributed by atoms with Gasteiger partial charge in [-0.1, -0.05) is 6.07 Å². The molecule has 1 heterocycles. The van der Waals surface area contributed by atoms with Gasteiger partial charge in [-0.15, -0.1) is 0 Å². The van der Waals surface area contributed by atoms with Crippen molar-refractivity contribution in [2.24, 2.45) is 0 Å². The number of nitro benzene ring substituents is 1. The van der Waals surface area contributed by atoms with Crippen LogP contribution in [0.25, 0.3) is 0 Å². The summed E-state index contributed by atoms with van der Waals surface area (Å²) in [5.74, 6) is -1.34. The monoisotopic (exact) mass is 274 g/mol. The van der Waals surface area contributed by atoms with E-state index in [1.165, 1.54) is 30.5 Å². The van der Waals surface area contributed by atoms with Crippen LogP contribution in [0, 0.1) is 17.0 Å². The molecule has 0 fully saturated rings. The summed E-state index contributed by atoms with van der Waals surface area (Å²) in [5, 5.41) is 19.9. The number of rotatable bonds is 4. The molecule has 0 aliphatic carbocycles. The molecule has 7 nitrogen and oxygen atoms in total. The van der Waals surface area contributed by atoms with Crippen LogP contribution in [0.4, 0.5) is 5.69 Å². The van der Waals surface area contributed by atoms with E-state index in [-0.39, 0.29) is 22.9 Å². The Morgan fingerprint density at radius 1 is 1.35 bits per heavy atom. The van der Waals surface area contributed by atoms with Crippen LogP contribution in [0.3, 0.4) is 0 Å². The lowest BCUT2D eigenvalue weighted by Crippen LogP contribution is -2.03. The Balaban J connectivity index is 2.47. The van der Waals surface area contributed by atoms with Gasteiger partial charge in [-0.3, -0.25) is 10.1 Å². The molecule has 0 bridgehead atoms. The van der Waals surface area contributed by atoms with E-state index < -0.39 is 10.9 Å². The van der Waals surface area contributed by atoms with E-state index in [0.717, 1.165) is 5.56 Å². The van der Waals surface area contributed by atoms with Crippen LogP contribution in [-0.2, 0) is 0 Å². The van der Waals surface area contributed by atoms with Crippen LogP contribution in [0.1, 0.15) is 16.1 Å². The first-order valence-electron chi connectivity index (χ1n) is 5.60. The molecular weight excluding hydrogens is 264 g/mol. The molecule has 2 aromatic rings. The smallest absolute Gasteiger partial charge is 0.358 e. The molecule has 0 spiro atoms. The molecule has 0 unspecified atom stereocenters. The van der Waals surface area contributed by atoms with Gasteiger partial charge in [-0.05, 0) is 30.7 Å². The van der Waals surface area contributed by atoms with Crippen LogP contribution in [-0.4, -0.2) is 21.0 Å². The van der Waals surface area contributed by atoms with Gasteiger partial charge >= 0.3 is 11.7 Å². The minimum atomic E-state index is -1.27. The van der Waals surface area contributed by atoms with E-state index in [4.69, 9.17) is 9.84 Å². The predicted molar refractivity (Wildman–Crippen MR) is 69.1 cm³/mol. The Morgan fingerprint density at radius 2 is 2.10 bits per heavy atom. The standard InChI is InChI=1S/C13H10N2O5/c1-8-4-5-9(15(18)19)11(7-8)20-10-3-2-6-14-12(10)13(16)17/h2-7H,1H3,(H,16,17). The Hall–Kier alpha value is -2.96. The van der Waals surface area contributed by atoms with Crippen LogP contribution in [0.2, 0.25) is 0 Å². The first kappa shape index (κ1) is 13.5. The molecular formula is C13H10N2O5. The number of hydrogen-bond acceptors (Lipinski definition) is 5. The normalized spacial score (nSPS) is 10.1. The highest BCUT2D eigenvalue weighted by molar-refractivity contribution is 5.88. The number of aromatic nitrogens is 1. The SMILES string of the molecule is Cc1ccc([N+](=O)[O-])c(Oc2cccnc2C(=O)O)c1. The number of aryl methyl sites for hydroxylation is 1. The summed E-state index contributed by atoms with van der Waals surface area (Å²) in [5.41, 5.74) is 0.213. The van der Waals surface area contributed by atoms with Gasteiger partial charge in [0.1, 0.15) is 0 Å². The highest BCUT2D eigenvalue weighted by Crippen LogP contribution is 2.33. The van der Waals surface area contributed by atoms with Crippen molar-refractivity contribution in [3.63, 3.8) is 0 Å². The highest BCUT2D eigenvalue weighted by Gasteiger charge is 2.19. The van der Waals surface area contributed by atoms with Crippen molar-refractivity contribution in [1.82, 2.24) is 4.98 Å². The Labute approximate surface area is 113 Å². The topological polar surface area (TPSA) is 103 Å². The number of benzene rings is 1. The molecule has 7 heteroatoms. The van der Waals surface area contributed by atoms with E-state index in [1.54, 1.807) is 13.0 Å². The summed E-state index contributed by atoms with van der Waals surface area (Å²) in [6.45, 7) is 1.75. The third-order valence-corrected chi connectivity index (χ3v) is 2.51. The lowest BCUT2D eigenvalue weighted by atomic mass is 10.2. The second-order valence-corrected chi connectivity index (χ2v) is 3.99. The lowest BCUT2D eigenvalue weighted by Gasteiger charge is -2.08. The first-order chi connectivity index (χ1) is 9.49. The summed E-state index contributed by atoms with van der Waals surface area (Å²) in [6, 6.07) is 7.23. The summed E-state index contributed by atoms with van der Waals surface area (Å²) in [4.78, 5) is 25.0. The Morgan fingerprint density at radius 3 is 2.75 bits per heavy atom. The zero-order chi connectivity index (χ0) is 14.7. The third-order valence-electron chi connectivity index (χ3n) is 2.51. The van der Waals surface area contributed by atoms with Gasteiger partial charge in [0.15, 0.2) is 11.4 Å². The first-order valence-corrected chi connectivity index (χ1v) is 5.60. The van der Waals surface area contributed by atoms with E-state index >= 15 is 0 Å². The zero-order valence-electron chi connectivity index (χ0n) is 10.4. The molecule has 1 aromatic carbocycles. The van der Waals surface area contributed by atoms with Gasteiger partial charge in [0.25, 0.3) is 0 Å². The molecule has 0 radical (unpaired) electrons. The zero-order valence-corrected chi connectivity index (χ0v) is 10.4. The second kappa shape index (κ2) is 5.35. The van der Waals surface area contributed by atoms with Crippen molar-refractivity contribution in [3.8, 4) is 11.5 Å². The maximum absolute atomic E-state index is 11.0. The average molecular weight is 274 g/mol. The molecule has 0 saturated heterocycles. The predicted octanol–water partition coefficient (Wildman–Crippen LogP) is 2.79. The average Bonchev–Trinajstić information content (AvgIpc) is 2.38. The molecule has 2 rings (SSSR count). The number of carboxylic acid groups (broad SMARTS) is 1. The van der Waals surface area contributed by atoms with E-state index in [1.807, 2.05) is 0 Å². The van der Waals surface area contributed by atoms with Gasteiger partial charge in [0, 0.05) is 12.3 Å². The molecule has 0 amide bonds. The number of nitrogens with zero attached hydrogens (tertiary/aromatic N) is 2. The number of nitro groups is 1. The third kappa shape index (κ3) is 2.72. The van der Waals surface area contributed by atoms with Crippen molar-refractivity contribution in [2.75, 3.05) is 0 Å². The quantitative estimate of drug-likeness (QED) is 0.679. The van der Waals surface area contributed by atoms with Crippen LogP contribution < -0.4 is 4.74 Å². The number of pyridine rings is 1. The van der Waals surface area contributed by atoms with Gasteiger partial charge in [0.05, 0.1) is 4.92 Å². The van der Waals surface area contributed by atoms with Gasteiger partial charge in [-0.2, -0.15) is 0 Å². The van der Waals surface area contributed by atoms with E-state index in [2.05, 4.69) is 4.98 Å². The number of hydrogen-bond donors (Lipinski definition) is 1. The maximum Gasteiger partial charge on any atom is 0.358 e. The number of carboxylic acids is 1. The fourth-order valence-electron chi connectivity index (χ4n) is 1.61. The summed E-state index contributed by atoms with van der Waals surface area (Å²) >= 11 is 0. The lowest BCUT2D eigenvalue weighted by molar-refractivity contribution is -0.385. The molecule has 1 aromatic heterocycles. The second-order valence-electron chi connectivity index (χ2n) is 3.99. The van der Waals surface area contributed by atoms with Crippen molar-refractivity contribution >= 4 is 11.7 Å². The highest BCUT2D eigenvalue weighted by atomic mass is 16.6. The summed E-state index contributed by atoms with van der Waals surface area (Å²) in [7, 11) is 0. The van der Waals surface area contributed by atoms with Gasteiger partial charge in [0.2, 0.25) is 5.75 Å². The molecule has 1 N–H and O–H groups in total. The molecule has 0 atom stereocenters. The van der Waals surface area contributed by atoms with Crippen molar-refractivity contribution in [3.05, 3.63) is 57.9 Å². The minimum Gasteiger partial charge on any atom is -0.476 e. The van der Waals surface area contributed by atoms with Crippen molar-refractivity contribution < 1.29 is 19.6 Å².